The highest BCUT2D eigenvalue weighted by atomic mass is 32.2. The van der Waals surface area contributed by atoms with Crippen LogP contribution in [0.15, 0.2) is 23.2 Å². The number of nitrogens with zero attached hydrogens (tertiary/aromatic N) is 1. The molecule has 0 saturated carbocycles. The molecule has 0 aromatic carbocycles. The van der Waals surface area contributed by atoms with Crippen LogP contribution in [0.2, 0.25) is 0 Å². The van der Waals surface area contributed by atoms with Gasteiger partial charge in [0.05, 0.1) is 11.4 Å². The van der Waals surface area contributed by atoms with E-state index in [4.69, 9.17) is 5.73 Å². The number of aromatic nitrogens is 1. The van der Waals surface area contributed by atoms with Gasteiger partial charge in [-0.25, -0.2) is 8.42 Å². The van der Waals surface area contributed by atoms with Crippen molar-refractivity contribution in [3.63, 3.8) is 0 Å². The molecule has 1 aromatic rings. The maximum absolute atomic E-state index is 10.9. The molecule has 0 spiro atoms. The smallest absolute Gasteiger partial charge is 0.148 e. The second-order valence-electron chi connectivity index (χ2n) is 3.17. The van der Waals surface area contributed by atoms with Crippen molar-refractivity contribution >= 4 is 21.6 Å². The second-order valence-corrected chi connectivity index (χ2v) is 6.59. The summed E-state index contributed by atoms with van der Waals surface area (Å²) in [5, 5.41) is 0. The Morgan fingerprint density at radius 3 is 2.87 bits per heavy atom. The van der Waals surface area contributed by atoms with Gasteiger partial charge in [-0.3, -0.25) is 4.98 Å². The maximum Gasteiger partial charge on any atom is 0.148 e. The van der Waals surface area contributed by atoms with E-state index in [2.05, 4.69) is 4.98 Å². The fourth-order valence-corrected chi connectivity index (χ4v) is 3.12. The summed E-state index contributed by atoms with van der Waals surface area (Å²) in [6.45, 7) is 0.403. The van der Waals surface area contributed by atoms with Crippen LogP contribution < -0.4 is 5.73 Å². The van der Waals surface area contributed by atoms with E-state index in [0.29, 0.717) is 12.3 Å². The lowest BCUT2D eigenvalue weighted by Gasteiger charge is -2.02. The Balaban J connectivity index is 2.51. The lowest BCUT2D eigenvalue weighted by molar-refractivity contribution is 0.603. The van der Waals surface area contributed by atoms with E-state index in [-0.39, 0.29) is 5.75 Å². The van der Waals surface area contributed by atoms with Crippen molar-refractivity contribution in [3.05, 3.63) is 24.0 Å². The quantitative estimate of drug-likeness (QED) is 0.773. The summed E-state index contributed by atoms with van der Waals surface area (Å²) in [7, 11) is -2.87. The van der Waals surface area contributed by atoms with Crippen LogP contribution in [-0.2, 0) is 16.4 Å². The molecule has 1 aromatic heterocycles. The molecule has 15 heavy (non-hydrogen) atoms. The zero-order valence-corrected chi connectivity index (χ0v) is 10.1. The fourth-order valence-electron chi connectivity index (χ4n) is 0.968. The Bertz CT molecular complexity index is 418. The number of hydrogen-bond donors (Lipinski definition) is 1. The summed E-state index contributed by atoms with van der Waals surface area (Å²) in [6, 6.07) is 3.74. The molecule has 0 bridgehead atoms. The number of nitrogens with two attached hydrogens (primary N) is 1. The SMILES string of the molecule is CS(=O)(=O)CCSc1ccnc(CN)c1. The molecule has 1 heterocycles. The molecular formula is C9H14N2O2S2. The Hall–Kier alpha value is -0.590. The fraction of sp³-hybridized carbons (Fsp3) is 0.444. The Labute approximate surface area is 94.2 Å². The topological polar surface area (TPSA) is 73.0 Å². The first-order chi connectivity index (χ1) is 7.01. The largest absolute Gasteiger partial charge is 0.325 e. The van der Waals surface area contributed by atoms with Gasteiger partial charge in [-0.2, -0.15) is 0 Å². The van der Waals surface area contributed by atoms with Gasteiger partial charge in [0, 0.05) is 29.6 Å². The minimum atomic E-state index is -2.87. The first kappa shape index (κ1) is 12.5. The summed E-state index contributed by atoms with van der Waals surface area (Å²) in [5.41, 5.74) is 6.27. The molecular weight excluding hydrogens is 232 g/mol. The first-order valence-corrected chi connectivity index (χ1v) is 7.51. The van der Waals surface area contributed by atoms with Crippen LogP contribution in [0.1, 0.15) is 5.69 Å². The van der Waals surface area contributed by atoms with Gasteiger partial charge >= 0.3 is 0 Å². The Morgan fingerprint density at radius 2 is 2.27 bits per heavy atom. The van der Waals surface area contributed by atoms with E-state index in [1.807, 2.05) is 12.1 Å². The van der Waals surface area contributed by atoms with Crippen molar-refractivity contribution in [3.8, 4) is 0 Å². The van der Waals surface area contributed by atoms with Gasteiger partial charge in [0.2, 0.25) is 0 Å². The standard InChI is InChI=1S/C9H14N2O2S2/c1-15(12,13)5-4-14-9-2-3-11-8(6-9)7-10/h2-3,6H,4-5,7,10H2,1H3. The molecule has 0 aliphatic heterocycles. The van der Waals surface area contributed by atoms with E-state index in [0.717, 1.165) is 10.6 Å². The average Bonchev–Trinajstić information content (AvgIpc) is 2.16. The monoisotopic (exact) mass is 246 g/mol. The zero-order chi connectivity index (χ0) is 11.3. The van der Waals surface area contributed by atoms with Crippen LogP contribution in [0, 0.1) is 0 Å². The highest BCUT2D eigenvalue weighted by Gasteiger charge is 2.03. The molecule has 0 atom stereocenters. The molecule has 0 amide bonds. The van der Waals surface area contributed by atoms with Gasteiger partial charge in [-0.15, -0.1) is 11.8 Å². The molecule has 0 saturated heterocycles. The average molecular weight is 246 g/mol. The number of rotatable bonds is 5. The lowest BCUT2D eigenvalue weighted by Crippen LogP contribution is -2.05. The second kappa shape index (κ2) is 5.48. The molecule has 2 N–H and O–H groups in total. The third-order valence-electron chi connectivity index (χ3n) is 1.72. The van der Waals surface area contributed by atoms with Crippen molar-refractivity contribution < 1.29 is 8.42 Å². The molecule has 0 fully saturated rings. The third-order valence-corrected chi connectivity index (χ3v) is 3.92. The number of pyridine rings is 1. The van der Waals surface area contributed by atoms with Crippen LogP contribution >= 0.6 is 11.8 Å². The molecule has 0 radical (unpaired) electrons. The van der Waals surface area contributed by atoms with Gasteiger partial charge in [0.1, 0.15) is 9.84 Å². The molecule has 6 heteroatoms. The van der Waals surface area contributed by atoms with Crippen molar-refractivity contribution in [1.82, 2.24) is 4.98 Å². The maximum atomic E-state index is 10.9. The van der Waals surface area contributed by atoms with Crippen molar-refractivity contribution in [2.45, 2.75) is 11.4 Å². The van der Waals surface area contributed by atoms with Gasteiger partial charge in [0.15, 0.2) is 0 Å². The van der Waals surface area contributed by atoms with Crippen LogP contribution in [0.3, 0.4) is 0 Å². The normalized spacial score (nSPS) is 11.6. The van der Waals surface area contributed by atoms with Gasteiger partial charge in [-0.1, -0.05) is 0 Å². The predicted octanol–water partition coefficient (Wildman–Crippen LogP) is 0.677. The third kappa shape index (κ3) is 5.15. The molecule has 0 aliphatic rings. The minimum absolute atomic E-state index is 0.192. The lowest BCUT2D eigenvalue weighted by atomic mass is 10.3. The molecule has 1 rings (SSSR count). The number of thioether (sulfide) groups is 1. The van der Waals surface area contributed by atoms with E-state index in [1.54, 1.807) is 6.20 Å². The summed E-state index contributed by atoms with van der Waals surface area (Å²) >= 11 is 1.50. The summed E-state index contributed by atoms with van der Waals surface area (Å²) in [6.07, 6.45) is 2.93. The van der Waals surface area contributed by atoms with Gasteiger partial charge in [-0.05, 0) is 12.1 Å². The first-order valence-electron chi connectivity index (χ1n) is 4.47. The molecule has 4 nitrogen and oxygen atoms in total. The summed E-state index contributed by atoms with van der Waals surface area (Å²) in [4.78, 5) is 5.07. The van der Waals surface area contributed by atoms with E-state index in [1.165, 1.54) is 18.0 Å². The van der Waals surface area contributed by atoms with Crippen molar-refractivity contribution in [2.24, 2.45) is 5.73 Å². The highest BCUT2D eigenvalue weighted by Crippen LogP contribution is 2.17. The highest BCUT2D eigenvalue weighted by molar-refractivity contribution is 8.00. The van der Waals surface area contributed by atoms with Crippen LogP contribution in [-0.4, -0.2) is 31.2 Å². The summed E-state index contributed by atoms with van der Waals surface area (Å²) < 4.78 is 21.8. The van der Waals surface area contributed by atoms with Crippen molar-refractivity contribution in [2.75, 3.05) is 17.8 Å². The molecule has 0 aliphatic carbocycles. The van der Waals surface area contributed by atoms with Gasteiger partial charge in [0.25, 0.3) is 0 Å². The van der Waals surface area contributed by atoms with E-state index < -0.39 is 9.84 Å². The zero-order valence-electron chi connectivity index (χ0n) is 8.51. The van der Waals surface area contributed by atoms with E-state index in [9.17, 15) is 8.42 Å². The van der Waals surface area contributed by atoms with Gasteiger partial charge < -0.3 is 5.73 Å². The number of hydrogen-bond acceptors (Lipinski definition) is 5. The summed E-state index contributed by atoms with van der Waals surface area (Å²) in [5.74, 6) is 0.755. The van der Waals surface area contributed by atoms with Crippen LogP contribution in [0.4, 0.5) is 0 Å². The van der Waals surface area contributed by atoms with Crippen LogP contribution in [0.5, 0.6) is 0 Å². The Kier molecular flexibility index (Phi) is 4.56. The Morgan fingerprint density at radius 1 is 1.53 bits per heavy atom. The van der Waals surface area contributed by atoms with Crippen molar-refractivity contribution in [1.29, 1.82) is 0 Å². The minimum Gasteiger partial charge on any atom is -0.325 e. The predicted molar refractivity (Wildman–Crippen MR) is 62.6 cm³/mol. The van der Waals surface area contributed by atoms with Crippen LogP contribution in [0.25, 0.3) is 0 Å². The molecule has 0 unspecified atom stereocenters. The number of sulfone groups is 1. The van der Waals surface area contributed by atoms with E-state index >= 15 is 0 Å². The molecule has 84 valence electrons.